The Morgan fingerprint density at radius 1 is 1.23 bits per heavy atom. The molecule has 0 bridgehead atoms. The van der Waals surface area contributed by atoms with Gasteiger partial charge in [0.05, 0.1) is 24.1 Å². The number of amides is 1. The zero-order chi connectivity index (χ0) is 18.7. The molecule has 1 amide bonds. The molecule has 2 aromatic carbocycles. The maximum atomic E-state index is 13.9. The number of nitrogens with one attached hydrogen (secondary N) is 1. The van der Waals surface area contributed by atoms with Crippen molar-refractivity contribution in [3.8, 4) is 11.5 Å². The highest BCUT2D eigenvalue weighted by atomic mass is 35.5. The van der Waals surface area contributed by atoms with Gasteiger partial charge in [-0.15, -0.1) is 0 Å². The third kappa shape index (κ3) is 3.84. The first-order valence-electron chi connectivity index (χ1n) is 7.47. The Balaban J connectivity index is 1.91. The largest absolute Gasteiger partial charge is 0.497 e. The highest BCUT2D eigenvalue weighted by Crippen LogP contribution is 2.35. The molecular formula is C18H14ClFN2O3S. The number of carbonyl (C=O) groups excluding carboxylic acids is 1. The molecule has 2 aromatic rings. The van der Waals surface area contributed by atoms with Gasteiger partial charge >= 0.3 is 0 Å². The monoisotopic (exact) mass is 392 g/mol. The highest BCUT2D eigenvalue weighted by molar-refractivity contribution is 8.18. The van der Waals surface area contributed by atoms with Crippen LogP contribution in [0, 0.1) is 5.82 Å². The second kappa shape index (κ2) is 7.80. The normalized spacial score (nSPS) is 16.8. The van der Waals surface area contributed by atoms with E-state index in [-0.39, 0.29) is 16.5 Å². The molecule has 1 aliphatic heterocycles. The van der Waals surface area contributed by atoms with Crippen molar-refractivity contribution in [1.82, 2.24) is 5.32 Å². The van der Waals surface area contributed by atoms with Crippen LogP contribution in [-0.4, -0.2) is 25.3 Å². The van der Waals surface area contributed by atoms with E-state index in [1.165, 1.54) is 25.3 Å². The number of halogens is 2. The van der Waals surface area contributed by atoms with Crippen molar-refractivity contribution in [2.24, 2.45) is 4.99 Å². The summed E-state index contributed by atoms with van der Waals surface area (Å²) in [6.07, 6.45) is 1.41. The Labute approximate surface area is 158 Å². The zero-order valence-electron chi connectivity index (χ0n) is 13.9. The van der Waals surface area contributed by atoms with Gasteiger partial charge in [-0.05, 0) is 42.1 Å². The minimum absolute atomic E-state index is 0.162. The number of hydrogen-bond acceptors (Lipinski definition) is 5. The molecule has 1 aliphatic rings. The summed E-state index contributed by atoms with van der Waals surface area (Å²) in [5, 5.41) is 3.23. The third-order valence-corrected chi connectivity index (χ3v) is 4.77. The van der Waals surface area contributed by atoms with Crippen LogP contribution in [0.5, 0.6) is 11.5 Å². The van der Waals surface area contributed by atoms with Crippen LogP contribution in [0.1, 0.15) is 5.56 Å². The van der Waals surface area contributed by atoms with E-state index in [9.17, 15) is 9.18 Å². The number of thioether (sulfide) groups is 1. The first-order chi connectivity index (χ1) is 12.5. The van der Waals surface area contributed by atoms with Crippen LogP contribution in [0.15, 0.2) is 46.3 Å². The molecule has 5 nitrogen and oxygen atoms in total. The minimum atomic E-state index is -0.499. The average molecular weight is 393 g/mol. The molecule has 1 N–H and O–H groups in total. The second-order valence-electron chi connectivity index (χ2n) is 5.15. The van der Waals surface area contributed by atoms with Crippen molar-refractivity contribution in [3.05, 3.63) is 57.7 Å². The number of nitrogens with zero attached hydrogens (tertiary/aromatic N) is 1. The lowest BCUT2D eigenvalue weighted by Crippen LogP contribution is -2.19. The van der Waals surface area contributed by atoms with Crippen molar-refractivity contribution in [2.75, 3.05) is 14.2 Å². The van der Waals surface area contributed by atoms with E-state index in [0.29, 0.717) is 27.3 Å². The van der Waals surface area contributed by atoms with Gasteiger partial charge in [0.15, 0.2) is 5.17 Å². The maximum absolute atomic E-state index is 13.9. The predicted molar refractivity (Wildman–Crippen MR) is 102 cm³/mol. The van der Waals surface area contributed by atoms with E-state index in [4.69, 9.17) is 21.1 Å². The SMILES string of the molecule is COc1ccc(N=C2NC(=O)/C(=C/c3c(F)cccc3Cl)S2)c(OC)c1. The molecule has 8 heteroatoms. The van der Waals surface area contributed by atoms with Crippen molar-refractivity contribution < 1.29 is 18.7 Å². The zero-order valence-corrected chi connectivity index (χ0v) is 15.5. The lowest BCUT2D eigenvalue weighted by Gasteiger charge is -2.07. The van der Waals surface area contributed by atoms with E-state index in [0.717, 1.165) is 11.8 Å². The Hall–Kier alpha value is -2.51. The number of rotatable bonds is 4. The van der Waals surface area contributed by atoms with Crippen molar-refractivity contribution in [3.63, 3.8) is 0 Å². The summed E-state index contributed by atoms with van der Waals surface area (Å²) in [4.78, 5) is 16.8. The van der Waals surface area contributed by atoms with Crippen LogP contribution >= 0.6 is 23.4 Å². The number of benzene rings is 2. The van der Waals surface area contributed by atoms with E-state index in [2.05, 4.69) is 10.3 Å². The quantitative estimate of drug-likeness (QED) is 0.784. The van der Waals surface area contributed by atoms with Gasteiger partial charge in [0, 0.05) is 11.6 Å². The fourth-order valence-corrected chi connectivity index (χ4v) is 3.28. The summed E-state index contributed by atoms with van der Waals surface area (Å²) in [5.74, 6) is 0.256. The van der Waals surface area contributed by atoms with Gasteiger partial charge in [-0.2, -0.15) is 0 Å². The van der Waals surface area contributed by atoms with Crippen molar-refractivity contribution >= 4 is 46.2 Å². The Kier molecular flexibility index (Phi) is 5.49. The summed E-state index contributed by atoms with van der Waals surface area (Å²) in [7, 11) is 3.07. The number of aliphatic imine (C=N–C) groups is 1. The second-order valence-corrected chi connectivity index (χ2v) is 6.59. The minimum Gasteiger partial charge on any atom is -0.497 e. The first kappa shape index (κ1) is 18.3. The number of methoxy groups -OCH3 is 2. The van der Waals surface area contributed by atoms with Gasteiger partial charge in [-0.25, -0.2) is 9.38 Å². The predicted octanol–water partition coefficient (Wildman–Crippen LogP) is 4.39. The lowest BCUT2D eigenvalue weighted by atomic mass is 10.2. The smallest absolute Gasteiger partial charge is 0.264 e. The van der Waals surface area contributed by atoms with E-state index < -0.39 is 5.82 Å². The number of hydrogen-bond donors (Lipinski definition) is 1. The molecule has 1 saturated heterocycles. The van der Waals surface area contributed by atoms with Crippen LogP contribution in [-0.2, 0) is 4.79 Å². The maximum Gasteiger partial charge on any atom is 0.264 e. The van der Waals surface area contributed by atoms with E-state index in [1.54, 1.807) is 31.4 Å². The molecule has 0 aliphatic carbocycles. The summed E-state index contributed by atoms with van der Waals surface area (Å²) in [6, 6.07) is 9.49. The molecule has 1 fully saturated rings. The van der Waals surface area contributed by atoms with Gasteiger partial charge in [-0.3, -0.25) is 4.79 Å². The number of carbonyl (C=O) groups is 1. The van der Waals surface area contributed by atoms with E-state index in [1.807, 2.05) is 0 Å². The fraction of sp³-hybridized carbons (Fsp3) is 0.111. The Bertz CT molecular complexity index is 910. The molecule has 3 rings (SSSR count). The van der Waals surface area contributed by atoms with Gasteiger partial charge < -0.3 is 14.8 Å². The summed E-state index contributed by atoms with van der Waals surface area (Å²) in [6.45, 7) is 0. The van der Waals surface area contributed by atoms with Crippen LogP contribution < -0.4 is 14.8 Å². The number of ether oxygens (including phenoxy) is 2. The molecule has 0 aromatic heterocycles. The van der Waals surface area contributed by atoms with Crippen molar-refractivity contribution in [1.29, 1.82) is 0 Å². The van der Waals surface area contributed by atoms with Crippen LogP contribution in [0.3, 0.4) is 0 Å². The average Bonchev–Trinajstić information content (AvgIpc) is 2.97. The van der Waals surface area contributed by atoms with Crippen LogP contribution in [0.25, 0.3) is 6.08 Å². The molecule has 1 heterocycles. The van der Waals surface area contributed by atoms with Gasteiger partial charge in [-0.1, -0.05) is 17.7 Å². The first-order valence-corrected chi connectivity index (χ1v) is 8.67. The van der Waals surface area contributed by atoms with Gasteiger partial charge in [0.1, 0.15) is 23.0 Å². The van der Waals surface area contributed by atoms with Gasteiger partial charge in [0.25, 0.3) is 5.91 Å². The highest BCUT2D eigenvalue weighted by Gasteiger charge is 2.25. The number of amidine groups is 1. The lowest BCUT2D eigenvalue weighted by molar-refractivity contribution is -0.115. The standard InChI is InChI=1S/C18H14ClFN2O3S/c1-24-10-6-7-14(15(8-10)25-2)21-18-22-17(23)16(26-18)9-11-12(19)4-3-5-13(11)20/h3-9H,1-2H3,(H,21,22,23)/b16-9-. The van der Waals surface area contributed by atoms with E-state index >= 15 is 0 Å². The molecule has 0 saturated carbocycles. The molecule has 0 radical (unpaired) electrons. The van der Waals surface area contributed by atoms with Gasteiger partial charge in [0.2, 0.25) is 0 Å². The summed E-state index contributed by atoms with van der Waals surface area (Å²) < 4.78 is 24.3. The van der Waals surface area contributed by atoms with Crippen LogP contribution in [0.2, 0.25) is 5.02 Å². The molecule has 134 valence electrons. The summed E-state index contributed by atoms with van der Waals surface area (Å²) >= 11 is 7.10. The molecular weight excluding hydrogens is 379 g/mol. The summed E-state index contributed by atoms with van der Waals surface area (Å²) in [5.41, 5.74) is 0.691. The molecule has 0 atom stereocenters. The fourth-order valence-electron chi connectivity index (χ4n) is 2.25. The molecule has 26 heavy (non-hydrogen) atoms. The molecule has 0 unspecified atom stereocenters. The topological polar surface area (TPSA) is 59.9 Å². The Morgan fingerprint density at radius 3 is 2.73 bits per heavy atom. The van der Waals surface area contributed by atoms with Crippen molar-refractivity contribution in [2.45, 2.75) is 0 Å². The van der Waals surface area contributed by atoms with Crippen LogP contribution in [0.4, 0.5) is 10.1 Å². The molecule has 0 spiro atoms. The third-order valence-electron chi connectivity index (χ3n) is 3.53. The Morgan fingerprint density at radius 2 is 2.04 bits per heavy atom.